The molecule has 3 heteroatoms. The summed E-state index contributed by atoms with van der Waals surface area (Å²) in [6.07, 6.45) is 4.31. The number of hydrogen-bond donors (Lipinski definition) is 0. The maximum absolute atomic E-state index is 3.71. The van der Waals surface area contributed by atoms with Crippen molar-refractivity contribution in [1.29, 1.82) is 0 Å². The van der Waals surface area contributed by atoms with Gasteiger partial charge in [-0.3, -0.25) is 4.90 Å². The molecule has 16 heavy (non-hydrogen) atoms. The Kier molecular flexibility index (Phi) is 4.31. The minimum absolute atomic E-state index is 0.625. The molecule has 0 spiro atoms. The van der Waals surface area contributed by atoms with Crippen molar-refractivity contribution in [2.75, 3.05) is 38.1 Å². The van der Waals surface area contributed by atoms with Crippen molar-refractivity contribution < 1.29 is 0 Å². The van der Waals surface area contributed by atoms with Gasteiger partial charge in [0.15, 0.2) is 0 Å². The molecule has 0 aromatic rings. The van der Waals surface area contributed by atoms with Gasteiger partial charge < -0.3 is 4.90 Å². The Hall–Kier alpha value is 0.400. The molecule has 2 aliphatic rings. The number of rotatable bonds is 4. The predicted octanol–water partition coefficient (Wildman–Crippen LogP) is 2.58. The fourth-order valence-electron chi connectivity index (χ4n) is 2.92. The van der Waals surface area contributed by atoms with Crippen molar-refractivity contribution in [2.45, 2.75) is 39.2 Å². The van der Waals surface area contributed by atoms with Gasteiger partial charge in [-0.2, -0.15) is 0 Å². The van der Waals surface area contributed by atoms with Crippen molar-refractivity contribution in [1.82, 2.24) is 9.80 Å². The van der Waals surface area contributed by atoms with Crippen molar-refractivity contribution in [3.05, 3.63) is 0 Å². The third-order valence-corrected chi connectivity index (χ3v) is 5.58. The minimum Gasteiger partial charge on any atom is -0.300 e. The summed E-state index contributed by atoms with van der Waals surface area (Å²) in [6, 6.07) is 0.719. The molecule has 0 aromatic heterocycles. The van der Waals surface area contributed by atoms with Gasteiger partial charge in [-0.25, -0.2) is 0 Å². The van der Waals surface area contributed by atoms with Gasteiger partial charge >= 0.3 is 0 Å². The Morgan fingerprint density at radius 1 is 1.12 bits per heavy atom. The molecule has 0 unspecified atom stereocenters. The molecule has 0 amide bonds. The molecule has 2 fully saturated rings. The van der Waals surface area contributed by atoms with Gasteiger partial charge in [0, 0.05) is 44.1 Å². The fourth-order valence-corrected chi connectivity index (χ4v) is 3.66. The van der Waals surface area contributed by atoms with E-state index in [2.05, 4.69) is 39.6 Å². The summed E-state index contributed by atoms with van der Waals surface area (Å²) in [5.41, 5.74) is 0.625. The second-order valence-electron chi connectivity index (χ2n) is 5.89. The third-order valence-electron chi connectivity index (χ3n) is 4.39. The average molecular weight is 289 g/mol. The Morgan fingerprint density at radius 2 is 1.75 bits per heavy atom. The highest BCUT2D eigenvalue weighted by atomic mass is 79.9. The Labute approximate surface area is 108 Å². The summed E-state index contributed by atoms with van der Waals surface area (Å²) >= 11 is 3.71. The molecular weight excluding hydrogens is 264 g/mol. The second-order valence-corrected chi connectivity index (χ2v) is 6.45. The third kappa shape index (κ3) is 2.80. The van der Waals surface area contributed by atoms with E-state index in [4.69, 9.17) is 0 Å². The summed E-state index contributed by atoms with van der Waals surface area (Å²) in [5, 5.41) is 1.20. The molecule has 0 radical (unpaired) electrons. The monoisotopic (exact) mass is 288 g/mol. The molecule has 1 aliphatic heterocycles. The normalized spacial score (nSPS) is 27.0. The molecule has 94 valence electrons. The zero-order valence-corrected chi connectivity index (χ0v) is 12.3. The van der Waals surface area contributed by atoms with Crippen molar-refractivity contribution in [2.24, 2.45) is 5.41 Å². The van der Waals surface area contributed by atoms with Gasteiger partial charge in [0.25, 0.3) is 0 Å². The first kappa shape index (κ1) is 12.8. The van der Waals surface area contributed by atoms with E-state index in [9.17, 15) is 0 Å². The van der Waals surface area contributed by atoms with E-state index in [1.807, 2.05) is 0 Å². The zero-order chi connectivity index (χ0) is 11.6. The van der Waals surface area contributed by atoms with Gasteiger partial charge in [0.1, 0.15) is 0 Å². The number of piperazine rings is 1. The lowest BCUT2D eigenvalue weighted by Crippen LogP contribution is -2.53. The zero-order valence-electron chi connectivity index (χ0n) is 10.7. The van der Waals surface area contributed by atoms with Crippen molar-refractivity contribution in [3.8, 4) is 0 Å². The minimum atomic E-state index is 0.625. The largest absolute Gasteiger partial charge is 0.300 e. The topological polar surface area (TPSA) is 6.48 Å². The first-order chi connectivity index (χ1) is 7.65. The molecule has 2 nitrogen and oxygen atoms in total. The lowest BCUT2D eigenvalue weighted by atomic mass is 9.70. The summed E-state index contributed by atoms with van der Waals surface area (Å²) in [6.45, 7) is 11.0. The van der Waals surface area contributed by atoms with E-state index in [1.54, 1.807) is 0 Å². The molecule has 0 N–H and O–H groups in total. The molecule has 1 aliphatic carbocycles. The predicted molar refractivity (Wildman–Crippen MR) is 73.2 cm³/mol. The van der Waals surface area contributed by atoms with Crippen LogP contribution in [0, 0.1) is 5.41 Å². The van der Waals surface area contributed by atoms with Crippen LogP contribution in [0.15, 0.2) is 0 Å². The highest BCUT2D eigenvalue weighted by Crippen LogP contribution is 2.43. The van der Waals surface area contributed by atoms with Crippen LogP contribution in [-0.4, -0.2) is 53.9 Å². The first-order valence-corrected chi connectivity index (χ1v) is 7.80. The van der Waals surface area contributed by atoms with E-state index in [0.29, 0.717) is 5.41 Å². The van der Waals surface area contributed by atoms with Crippen LogP contribution in [0.1, 0.15) is 33.1 Å². The van der Waals surface area contributed by atoms with Gasteiger partial charge in [0.05, 0.1) is 0 Å². The smallest absolute Gasteiger partial charge is 0.0113 e. The van der Waals surface area contributed by atoms with E-state index >= 15 is 0 Å². The number of alkyl halides is 1. The van der Waals surface area contributed by atoms with Crippen LogP contribution in [0.2, 0.25) is 0 Å². The van der Waals surface area contributed by atoms with Crippen LogP contribution in [-0.2, 0) is 0 Å². The van der Waals surface area contributed by atoms with E-state index in [0.717, 1.165) is 6.04 Å². The van der Waals surface area contributed by atoms with Gasteiger partial charge in [0.2, 0.25) is 0 Å². The highest BCUT2D eigenvalue weighted by molar-refractivity contribution is 9.09. The molecule has 1 heterocycles. The Morgan fingerprint density at radius 3 is 2.12 bits per heavy atom. The molecular formula is C13H25BrN2. The second kappa shape index (κ2) is 5.36. The van der Waals surface area contributed by atoms with Crippen LogP contribution in [0.5, 0.6) is 0 Å². The standard InChI is InChI=1S/C13H25BrN2/c1-12(2)16-8-6-15(7-9-16)11-13(10-14)4-3-5-13/h12H,3-11H2,1-2H3. The number of halogens is 1. The molecule has 0 aromatic carbocycles. The maximum atomic E-state index is 3.71. The lowest BCUT2D eigenvalue weighted by Gasteiger charge is -2.46. The fraction of sp³-hybridized carbons (Fsp3) is 1.00. The van der Waals surface area contributed by atoms with Crippen molar-refractivity contribution >= 4 is 15.9 Å². The van der Waals surface area contributed by atoms with Crippen LogP contribution < -0.4 is 0 Å². The first-order valence-electron chi connectivity index (χ1n) is 6.68. The van der Waals surface area contributed by atoms with Gasteiger partial charge in [-0.1, -0.05) is 22.4 Å². The highest BCUT2D eigenvalue weighted by Gasteiger charge is 2.37. The quantitative estimate of drug-likeness (QED) is 0.734. The van der Waals surface area contributed by atoms with Gasteiger partial charge in [-0.15, -0.1) is 0 Å². The lowest BCUT2D eigenvalue weighted by molar-refractivity contribution is 0.0457. The average Bonchev–Trinajstić information content (AvgIpc) is 2.24. The number of hydrogen-bond acceptors (Lipinski definition) is 2. The van der Waals surface area contributed by atoms with Gasteiger partial charge in [-0.05, 0) is 32.1 Å². The van der Waals surface area contributed by atoms with Crippen LogP contribution in [0.25, 0.3) is 0 Å². The van der Waals surface area contributed by atoms with Crippen LogP contribution in [0.3, 0.4) is 0 Å². The SMILES string of the molecule is CC(C)N1CCN(CC2(CBr)CCC2)CC1. The molecule has 0 bridgehead atoms. The Balaban J connectivity index is 1.76. The van der Waals surface area contributed by atoms with Crippen LogP contribution >= 0.6 is 15.9 Å². The van der Waals surface area contributed by atoms with Crippen LogP contribution in [0.4, 0.5) is 0 Å². The number of nitrogens with zero attached hydrogens (tertiary/aromatic N) is 2. The molecule has 2 rings (SSSR count). The van der Waals surface area contributed by atoms with E-state index in [1.165, 1.54) is 57.3 Å². The maximum Gasteiger partial charge on any atom is 0.0113 e. The molecule has 0 atom stereocenters. The summed E-state index contributed by atoms with van der Waals surface area (Å²) in [7, 11) is 0. The molecule has 1 saturated heterocycles. The van der Waals surface area contributed by atoms with E-state index < -0.39 is 0 Å². The summed E-state index contributed by atoms with van der Waals surface area (Å²) in [4.78, 5) is 5.28. The summed E-state index contributed by atoms with van der Waals surface area (Å²) in [5.74, 6) is 0. The van der Waals surface area contributed by atoms with Crippen molar-refractivity contribution in [3.63, 3.8) is 0 Å². The van der Waals surface area contributed by atoms with E-state index in [-0.39, 0.29) is 0 Å². The molecule has 1 saturated carbocycles. The Bertz CT molecular complexity index is 212. The summed E-state index contributed by atoms with van der Waals surface area (Å²) < 4.78 is 0.